The highest BCUT2D eigenvalue weighted by Crippen LogP contribution is 2.34. The van der Waals surface area contributed by atoms with E-state index in [9.17, 15) is 20.6 Å². The molecule has 0 saturated heterocycles. The zero-order valence-electron chi connectivity index (χ0n) is 18.1. The Kier molecular flexibility index (Phi) is 9.64. The van der Waals surface area contributed by atoms with Crippen LogP contribution in [0.4, 0.5) is 28.7 Å². The first kappa shape index (κ1) is 25.1. The van der Waals surface area contributed by atoms with E-state index < -0.39 is 4.92 Å². The molecule has 0 aliphatic carbocycles. The zero-order valence-corrected chi connectivity index (χ0v) is 18.1. The number of pyridine rings is 1. The Morgan fingerprint density at radius 3 is 2.67 bits per heavy atom. The Morgan fingerprint density at radius 2 is 2.00 bits per heavy atom. The Morgan fingerprint density at radius 1 is 1.24 bits per heavy atom. The number of nitro benzene ring substituents is 1. The Balaban J connectivity index is 2.22. The van der Waals surface area contributed by atoms with Crippen LogP contribution in [-0.2, 0) is 4.74 Å². The van der Waals surface area contributed by atoms with E-state index in [4.69, 9.17) is 15.6 Å². The van der Waals surface area contributed by atoms with Gasteiger partial charge in [-0.25, -0.2) is 4.98 Å². The third-order valence-corrected chi connectivity index (χ3v) is 4.58. The maximum Gasteiger partial charge on any atom is 0.270 e. The van der Waals surface area contributed by atoms with Crippen molar-refractivity contribution >= 4 is 28.7 Å². The second kappa shape index (κ2) is 12.7. The quantitative estimate of drug-likeness (QED) is 0.186. The predicted molar refractivity (Wildman–Crippen MR) is 120 cm³/mol. The van der Waals surface area contributed by atoms with E-state index in [1.54, 1.807) is 6.92 Å². The number of aliphatic hydroxyl groups is 1. The summed E-state index contributed by atoms with van der Waals surface area (Å²) in [6.07, 6.45) is 2.15. The molecule has 0 fully saturated rings. The number of benzene rings is 1. The number of aromatic nitrogens is 1. The summed E-state index contributed by atoms with van der Waals surface area (Å²) in [7, 11) is 0. The predicted octanol–water partition coefficient (Wildman–Crippen LogP) is 3.63. The summed E-state index contributed by atoms with van der Waals surface area (Å²) in [5.74, 6) is 0.359. The molecule has 2 aromatic rings. The third kappa shape index (κ3) is 6.93. The third-order valence-electron chi connectivity index (χ3n) is 4.58. The number of rotatable bonds is 12. The normalized spacial score (nSPS) is 10.7. The molecule has 2 rings (SSSR count). The lowest BCUT2D eigenvalue weighted by molar-refractivity contribution is -0.384. The molecule has 12 nitrogen and oxygen atoms in total. The number of nitro groups is 1. The van der Waals surface area contributed by atoms with Gasteiger partial charge in [-0.2, -0.15) is 10.5 Å². The summed E-state index contributed by atoms with van der Waals surface area (Å²) >= 11 is 0. The van der Waals surface area contributed by atoms with Crippen LogP contribution in [0.3, 0.4) is 0 Å². The lowest BCUT2D eigenvalue weighted by Gasteiger charge is -2.13. The van der Waals surface area contributed by atoms with Crippen LogP contribution in [0.1, 0.15) is 36.0 Å². The number of nitrogen functional groups attached to an aromatic ring is 1. The molecule has 0 aliphatic heterocycles. The van der Waals surface area contributed by atoms with Crippen molar-refractivity contribution in [3.8, 4) is 12.1 Å². The molecular formula is C21H24N8O4. The molecule has 0 amide bonds. The minimum atomic E-state index is -0.604. The number of unbranched alkanes of at least 4 members (excludes halogenated alkanes) is 1. The second-order valence-corrected chi connectivity index (χ2v) is 6.90. The standard InChI is InChI=1S/C21H24N8O4/c1-14-17(13-23)20(24)26-21(25-7-4-10-33-9-3-2-8-30)19(14)28-27-18-6-5-16(29(31)32)11-15(18)12-22/h5-6,11,30H,2-4,7-10H2,1H3,(H3,24,25,26). The smallest absolute Gasteiger partial charge is 0.270 e. The van der Waals surface area contributed by atoms with Crippen molar-refractivity contribution in [3.05, 3.63) is 45.0 Å². The van der Waals surface area contributed by atoms with Gasteiger partial charge in [-0.3, -0.25) is 10.1 Å². The van der Waals surface area contributed by atoms with E-state index >= 15 is 0 Å². The van der Waals surface area contributed by atoms with Gasteiger partial charge in [0, 0.05) is 44.1 Å². The minimum Gasteiger partial charge on any atom is -0.396 e. The first-order chi connectivity index (χ1) is 15.9. The van der Waals surface area contributed by atoms with Crippen molar-refractivity contribution in [2.45, 2.75) is 26.2 Å². The number of hydrogen-bond acceptors (Lipinski definition) is 11. The van der Waals surface area contributed by atoms with E-state index in [1.807, 2.05) is 12.1 Å². The molecule has 4 N–H and O–H groups in total. The van der Waals surface area contributed by atoms with Gasteiger partial charge in [-0.1, -0.05) is 0 Å². The molecule has 0 spiro atoms. The average molecular weight is 452 g/mol. The van der Waals surface area contributed by atoms with E-state index in [2.05, 4.69) is 20.5 Å². The second-order valence-electron chi connectivity index (χ2n) is 6.90. The molecule has 0 saturated carbocycles. The molecule has 1 aromatic heterocycles. The van der Waals surface area contributed by atoms with E-state index in [1.165, 1.54) is 12.1 Å². The Hall–Kier alpha value is -4.13. The highest BCUT2D eigenvalue weighted by molar-refractivity contribution is 5.73. The maximum atomic E-state index is 10.9. The van der Waals surface area contributed by atoms with Crippen molar-refractivity contribution in [3.63, 3.8) is 0 Å². The highest BCUT2D eigenvalue weighted by Gasteiger charge is 2.16. The number of anilines is 2. The molecule has 172 valence electrons. The fourth-order valence-electron chi connectivity index (χ4n) is 2.82. The van der Waals surface area contributed by atoms with Crippen LogP contribution in [0, 0.1) is 39.7 Å². The zero-order chi connectivity index (χ0) is 24.2. The Labute approximate surface area is 190 Å². The van der Waals surface area contributed by atoms with Crippen LogP contribution in [0.25, 0.3) is 0 Å². The molecule has 0 aliphatic rings. The highest BCUT2D eigenvalue weighted by atomic mass is 16.6. The van der Waals surface area contributed by atoms with Crippen molar-refractivity contribution in [1.82, 2.24) is 4.98 Å². The number of hydrogen-bond donors (Lipinski definition) is 3. The number of non-ortho nitro benzene ring substituents is 1. The van der Waals surface area contributed by atoms with Crippen molar-refractivity contribution in [1.29, 1.82) is 10.5 Å². The summed E-state index contributed by atoms with van der Waals surface area (Å²) in [5, 5.41) is 49.7. The Bertz CT molecular complexity index is 1100. The van der Waals surface area contributed by atoms with E-state index in [0.29, 0.717) is 44.0 Å². The summed E-state index contributed by atoms with van der Waals surface area (Å²) in [4.78, 5) is 14.5. The van der Waals surface area contributed by atoms with Crippen LogP contribution in [0.5, 0.6) is 0 Å². The molecule has 0 radical (unpaired) electrons. The van der Waals surface area contributed by atoms with Crippen molar-refractivity contribution in [2.24, 2.45) is 10.2 Å². The molecule has 33 heavy (non-hydrogen) atoms. The summed E-state index contributed by atoms with van der Waals surface area (Å²) in [6.45, 7) is 3.36. The van der Waals surface area contributed by atoms with Gasteiger partial charge in [0.25, 0.3) is 5.69 Å². The number of nitrogens with zero attached hydrogens (tertiary/aromatic N) is 6. The molecular weight excluding hydrogens is 428 g/mol. The first-order valence-corrected chi connectivity index (χ1v) is 10.2. The van der Waals surface area contributed by atoms with Crippen LogP contribution in [0.15, 0.2) is 28.4 Å². The van der Waals surface area contributed by atoms with Gasteiger partial charge in [0.05, 0.1) is 16.1 Å². The van der Waals surface area contributed by atoms with Gasteiger partial charge in [0.1, 0.15) is 29.3 Å². The molecule has 0 bridgehead atoms. The van der Waals surface area contributed by atoms with Crippen LogP contribution in [-0.4, -0.2) is 41.4 Å². The number of aliphatic hydroxyl groups excluding tert-OH is 1. The van der Waals surface area contributed by atoms with Crippen LogP contribution in [0.2, 0.25) is 0 Å². The lowest BCUT2D eigenvalue weighted by atomic mass is 10.1. The minimum absolute atomic E-state index is 0.0117. The fourth-order valence-corrected chi connectivity index (χ4v) is 2.82. The summed E-state index contributed by atoms with van der Waals surface area (Å²) in [6, 6.07) is 7.52. The molecule has 1 heterocycles. The van der Waals surface area contributed by atoms with Gasteiger partial charge in [0.2, 0.25) is 0 Å². The maximum absolute atomic E-state index is 10.9. The van der Waals surface area contributed by atoms with Gasteiger partial charge in [0.15, 0.2) is 5.82 Å². The monoisotopic (exact) mass is 452 g/mol. The average Bonchev–Trinajstić information content (AvgIpc) is 2.80. The summed E-state index contributed by atoms with van der Waals surface area (Å²) < 4.78 is 5.49. The van der Waals surface area contributed by atoms with Gasteiger partial charge < -0.3 is 20.9 Å². The molecule has 1 aromatic carbocycles. The molecule has 0 atom stereocenters. The summed E-state index contributed by atoms with van der Waals surface area (Å²) in [5.41, 5.74) is 6.68. The van der Waals surface area contributed by atoms with Gasteiger partial charge in [-0.15, -0.1) is 10.2 Å². The SMILES string of the molecule is Cc1c(C#N)c(N)nc(NCCCOCCCCO)c1N=Nc1ccc([N+](=O)[O-])cc1C#N. The largest absolute Gasteiger partial charge is 0.396 e. The number of nitrogens with two attached hydrogens (primary N) is 1. The lowest BCUT2D eigenvalue weighted by Crippen LogP contribution is -2.10. The van der Waals surface area contributed by atoms with Gasteiger partial charge >= 0.3 is 0 Å². The number of ether oxygens (including phenoxy) is 1. The van der Waals surface area contributed by atoms with Crippen molar-refractivity contribution in [2.75, 3.05) is 37.4 Å². The fraction of sp³-hybridized carbons (Fsp3) is 0.381. The number of nitrogens with one attached hydrogen (secondary N) is 1. The van der Waals surface area contributed by atoms with Crippen LogP contribution >= 0.6 is 0 Å². The van der Waals surface area contributed by atoms with Gasteiger partial charge in [-0.05, 0) is 32.3 Å². The van der Waals surface area contributed by atoms with Crippen molar-refractivity contribution < 1.29 is 14.8 Å². The molecule has 12 heteroatoms. The number of azo groups is 1. The molecule has 0 unspecified atom stereocenters. The van der Waals surface area contributed by atoms with Crippen LogP contribution < -0.4 is 11.1 Å². The van der Waals surface area contributed by atoms with E-state index in [0.717, 1.165) is 12.5 Å². The first-order valence-electron chi connectivity index (χ1n) is 10.2. The number of nitriles is 2. The van der Waals surface area contributed by atoms with E-state index in [-0.39, 0.29) is 40.6 Å². The topological polar surface area (TPSA) is 196 Å².